The number of nitrogens with one attached hydrogen (secondary N) is 1. The molecule has 0 saturated heterocycles. The van der Waals surface area contributed by atoms with Gasteiger partial charge < -0.3 is 0 Å². The van der Waals surface area contributed by atoms with Crippen molar-refractivity contribution >= 4 is 15.7 Å². The molecule has 0 amide bonds. The van der Waals surface area contributed by atoms with Crippen molar-refractivity contribution in [2.75, 3.05) is 0 Å². The molecular weight excluding hydrogens is 272 g/mol. The minimum absolute atomic E-state index is 0.0833. The average molecular weight is 288 g/mol. The van der Waals surface area contributed by atoms with Crippen molar-refractivity contribution in [2.24, 2.45) is 0 Å². The smallest absolute Gasteiger partial charge is 0.269 e. The number of nitrogens with zero attached hydrogens (tertiary/aromatic N) is 1. The Balaban J connectivity index is 2.70. The number of hydrogen-bond acceptors (Lipinski definition) is 5. The van der Waals surface area contributed by atoms with E-state index in [-0.39, 0.29) is 11.4 Å². The maximum atomic E-state index is 11.7. The van der Waals surface area contributed by atoms with Crippen molar-refractivity contribution < 1.29 is 18.2 Å². The van der Waals surface area contributed by atoms with Gasteiger partial charge in [-0.05, 0) is 26.3 Å². The Bertz CT molecular complexity index is 545. The summed E-state index contributed by atoms with van der Waals surface area (Å²) in [7, 11) is -3.64. The van der Waals surface area contributed by atoms with E-state index in [4.69, 9.17) is 4.84 Å². The number of nitro groups is 1. The third kappa shape index (κ3) is 5.77. The van der Waals surface area contributed by atoms with Crippen LogP contribution in [0.3, 0.4) is 0 Å². The molecule has 8 heteroatoms. The van der Waals surface area contributed by atoms with Crippen LogP contribution in [0.1, 0.15) is 26.3 Å². The van der Waals surface area contributed by atoms with E-state index >= 15 is 0 Å². The predicted octanol–water partition coefficient (Wildman–Crippen LogP) is 1.74. The second-order valence-electron chi connectivity index (χ2n) is 4.98. The molecule has 0 heterocycles. The van der Waals surface area contributed by atoms with Crippen LogP contribution in [-0.2, 0) is 20.6 Å². The topological polar surface area (TPSA) is 98.5 Å². The van der Waals surface area contributed by atoms with Gasteiger partial charge >= 0.3 is 0 Å². The van der Waals surface area contributed by atoms with Crippen LogP contribution in [0.4, 0.5) is 5.69 Å². The molecule has 0 spiro atoms. The molecule has 106 valence electrons. The zero-order valence-corrected chi connectivity index (χ0v) is 11.7. The van der Waals surface area contributed by atoms with Crippen molar-refractivity contribution in [2.45, 2.75) is 32.1 Å². The molecular formula is C11H16N2O5S. The molecule has 0 aliphatic rings. The lowest BCUT2D eigenvalue weighted by molar-refractivity contribution is -0.384. The maximum Gasteiger partial charge on any atom is 0.269 e. The Labute approximate surface area is 111 Å². The molecule has 1 rings (SSSR count). The maximum absolute atomic E-state index is 11.7. The fourth-order valence-corrected chi connectivity index (χ4v) is 2.22. The van der Waals surface area contributed by atoms with Crippen LogP contribution in [0.5, 0.6) is 0 Å². The first-order valence-electron chi connectivity index (χ1n) is 5.50. The van der Waals surface area contributed by atoms with Crippen molar-refractivity contribution in [3.8, 4) is 0 Å². The summed E-state index contributed by atoms with van der Waals surface area (Å²) in [6.07, 6.45) is 0. The van der Waals surface area contributed by atoms with E-state index in [0.717, 1.165) is 0 Å². The Kier molecular flexibility index (Phi) is 4.61. The van der Waals surface area contributed by atoms with E-state index in [9.17, 15) is 18.5 Å². The third-order valence-corrected chi connectivity index (χ3v) is 3.03. The van der Waals surface area contributed by atoms with Gasteiger partial charge in [-0.1, -0.05) is 17.0 Å². The molecule has 7 nitrogen and oxygen atoms in total. The minimum Gasteiger partial charge on any atom is -0.281 e. The van der Waals surface area contributed by atoms with E-state index in [0.29, 0.717) is 5.56 Å². The fourth-order valence-electron chi connectivity index (χ4n) is 1.15. The largest absolute Gasteiger partial charge is 0.281 e. The van der Waals surface area contributed by atoms with Crippen LogP contribution < -0.4 is 4.89 Å². The van der Waals surface area contributed by atoms with E-state index in [1.807, 2.05) is 4.89 Å². The van der Waals surface area contributed by atoms with Gasteiger partial charge in [0.15, 0.2) is 0 Å². The second kappa shape index (κ2) is 5.64. The fraction of sp³-hybridized carbons (Fsp3) is 0.455. The number of sulfonamides is 1. The first kappa shape index (κ1) is 15.5. The summed E-state index contributed by atoms with van der Waals surface area (Å²) in [5, 5.41) is 10.5. The first-order valence-corrected chi connectivity index (χ1v) is 7.15. The van der Waals surface area contributed by atoms with E-state index in [1.165, 1.54) is 24.3 Å². The van der Waals surface area contributed by atoms with E-state index < -0.39 is 20.5 Å². The van der Waals surface area contributed by atoms with Crippen molar-refractivity contribution in [3.63, 3.8) is 0 Å². The van der Waals surface area contributed by atoms with Crippen LogP contribution >= 0.6 is 0 Å². The molecule has 0 aliphatic carbocycles. The van der Waals surface area contributed by atoms with Gasteiger partial charge in [0, 0.05) is 12.1 Å². The molecule has 0 radical (unpaired) electrons. The number of non-ortho nitro benzene ring substituents is 1. The van der Waals surface area contributed by atoms with Gasteiger partial charge in [0.2, 0.25) is 10.0 Å². The summed E-state index contributed by atoms with van der Waals surface area (Å²) in [6, 6.07) is 5.31. The van der Waals surface area contributed by atoms with Crippen molar-refractivity contribution in [1.82, 2.24) is 4.89 Å². The van der Waals surface area contributed by atoms with Crippen LogP contribution in [0.25, 0.3) is 0 Å². The van der Waals surface area contributed by atoms with Gasteiger partial charge in [-0.15, -0.1) is 0 Å². The molecule has 1 aromatic carbocycles. The molecule has 0 atom stereocenters. The zero-order chi connectivity index (χ0) is 14.7. The number of rotatable bonds is 5. The van der Waals surface area contributed by atoms with Crippen LogP contribution in [0, 0.1) is 10.1 Å². The molecule has 1 N–H and O–H groups in total. The van der Waals surface area contributed by atoms with Crippen LogP contribution in [-0.4, -0.2) is 18.9 Å². The second-order valence-corrected chi connectivity index (χ2v) is 6.67. The average Bonchev–Trinajstić information content (AvgIpc) is 2.26. The Hall–Kier alpha value is -1.51. The monoisotopic (exact) mass is 288 g/mol. The highest BCUT2D eigenvalue weighted by molar-refractivity contribution is 7.88. The van der Waals surface area contributed by atoms with Gasteiger partial charge in [0.25, 0.3) is 5.69 Å². The molecule has 1 aromatic rings. The molecule has 0 aromatic heterocycles. The summed E-state index contributed by atoms with van der Waals surface area (Å²) in [6.45, 7) is 5.13. The number of hydrogen-bond donors (Lipinski definition) is 1. The standard InChI is InChI=1S/C11H16N2O5S/c1-11(2,3)18-12-19(16,17)8-9-4-6-10(7-5-9)13(14)15/h4-7,12H,8H2,1-3H3. The highest BCUT2D eigenvalue weighted by Gasteiger charge is 2.18. The SMILES string of the molecule is CC(C)(C)ONS(=O)(=O)Cc1ccc([N+](=O)[O-])cc1. The van der Waals surface area contributed by atoms with Gasteiger partial charge in [-0.3, -0.25) is 15.0 Å². The summed E-state index contributed by atoms with van der Waals surface area (Å²) in [5.74, 6) is -0.304. The number of benzene rings is 1. The normalized spacial score (nSPS) is 12.4. The van der Waals surface area contributed by atoms with Crippen LogP contribution in [0.2, 0.25) is 0 Å². The summed E-state index contributed by atoms with van der Waals surface area (Å²) in [5.41, 5.74) is -0.279. The summed E-state index contributed by atoms with van der Waals surface area (Å²) in [4.78, 5) is 16.9. The van der Waals surface area contributed by atoms with E-state index in [2.05, 4.69) is 0 Å². The highest BCUT2D eigenvalue weighted by atomic mass is 32.2. The Morgan fingerprint density at radius 1 is 1.26 bits per heavy atom. The molecule has 0 bridgehead atoms. The third-order valence-electron chi connectivity index (χ3n) is 1.98. The van der Waals surface area contributed by atoms with Gasteiger partial charge in [-0.2, -0.15) is 0 Å². The lowest BCUT2D eigenvalue weighted by Gasteiger charge is -2.19. The van der Waals surface area contributed by atoms with Gasteiger partial charge in [0.05, 0.1) is 16.3 Å². The molecule has 0 saturated carbocycles. The summed E-state index contributed by atoms with van der Waals surface area (Å²) < 4.78 is 23.4. The van der Waals surface area contributed by atoms with E-state index in [1.54, 1.807) is 20.8 Å². The van der Waals surface area contributed by atoms with Crippen molar-refractivity contribution in [3.05, 3.63) is 39.9 Å². The minimum atomic E-state index is -3.64. The van der Waals surface area contributed by atoms with Crippen molar-refractivity contribution in [1.29, 1.82) is 0 Å². The lowest BCUT2D eigenvalue weighted by atomic mass is 10.2. The molecule has 19 heavy (non-hydrogen) atoms. The van der Waals surface area contributed by atoms with Crippen LogP contribution in [0.15, 0.2) is 24.3 Å². The predicted molar refractivity (Wildman–Crippen MR) is 69.7 cm³/mol. The quantitative estimate of drug-likeness (QED) is 0.657. The summed E-state index contributed by atoms with van der Waals surface area (Å²) >= 11 is 0. The Morgan fingerprint density at radius 3 is 2.21 bits per heavy atom. The number of nitro benzene ring substituents is 1. The van der Waals surface area contributed by atoms with Gasteiger partial charge in [-0.25, -0.2) is 8.42 Å². The molecule has 0 unspecified atom stereocenters. The van der Waals surface area contributed by atoms with Gasteiger partial charge in [0.1, 0.15) is 0 Å². The Morgan fingerprint density at radius 2 is 1.79 bits per heavy atom. The zero-order valence-electron chi connectivity index (χ0n) is 10.9. The lowest BCUT2D eigenvalue weighted by Crippen LogP contribution is -2.34. The molecule has 0 fully saturated rings. The molecule has 0 aliphatic heterocycles. The highest BCUT2D eigenvalue weighted by Crippen LogP contribution is 2.14. The first-order chi connectivity index (χ1) is 8.59.